The van der Waals surface area contributed by atoms with E-state index in [-0.39, 0.29) is 39.0 Å². The highest BCUT2D eigenvalue weighted by Crippen LogP contribution is 2.43. The molecule has 3 atom stereocenters. The first-order valence-corrected chi connectivity index (χ1v) is 22.7. The van der Waals surface area contributed by atoms with Crippen LogP contribution in [0.1, 0.15) is 149 Å². The number of carbonyl (C=O) groups excluding carboxylic acids is 2. The van der Waals surface area contributed by atoms with Crippen LogP contribution in [0.2, 0.25) is 0 Å². The van der Waals surface area contributed by atoms with Gasteiger partial charge in [0.1, 0.15) is 6.61 Å². The fraction of sp³-hybridized carbons (Fsp3) is 0.644. The first kappa shape index (κ1) is 53.1. The maximum absolute atomic E-state index is 12.6. The first-order valence-electron chi connectivity index (χ1n) is 21.2. The average molecular weight is 806 g/mol. The zero-order valence-electron chi connectivity index (χ0n) is 34.7. The van der Waals surface area contributed by atoms with Crippen molar-refractivity contribution in [1.82, 2.24) is 0 Å². The number of hydrogen-bond acceptors (Lipinski definition) is 9. The van der Waals surface area contributed by atoms with Crippen molar-refractivity contribution >= 4 is 19.8 Å². The maximum atomic E-state index is 12.6. The number of unbranched alkanes of at least 4 members (excludes halogenated alkanes) is 11. The lowest BCUT2D eigenvalue weighted by Crippen LogP contribution is -2.30. The van der Waals surface area contributed by atoms with Gasteiger partial charge in [-0.25, -0.2) is 4.57 Å². The molecule has 10 nitrogen and oxygen atoms in total. The molecule has 0 fully saturated rings. The predicted molar refractivity (Wildman–Crippen MR) is 230 cm³/mol. The number of phosphoric ester groups is 1. The van der Waals surface area contributed by atoms with Gasteiger partial charge in [-0.15, -0.1) is 0 Å². The van der Waals surface area contributed by atoms with Gasteiger partial charge < -0.3 is 25.2 Å². The molecule has 0 aromatic heterocycles. The summed E-state index contributed by atoms with van der Waals surface area (Å²) >= 11 is 0. The molecule has 0 amide bonds. The smallest absolute Gasteiger partial charge is 0.462 e. The Balaban J connectivity index is 4.45. The maximum Gasteiger partial charge on any atom is 0.472 e. The van der Waals surface area contributed by atoms with E-state index in [0.29, 0.717) is 6.42 Å². The average Bonchev–Trinajstić information content (AvgIpc) is 3.18. The Morgan fingerprint density at radius 3 is 1.79 bits per heavy atom. The van der Waals surface area contributed by atoms with E-state index < -0.39 is 38.6 Å². The van der Waals surface area contributed by atoms with Crippen LogP contribution < -0.4 is 5.73 Å². The minimum Gasteiger partial charge on any atom is -0.462 e. The van der Waals surface area contributed by atoms with Crippen LogP contribution in [0.4, 0.5) is 0 Å². The van der Waals surface area contributed by atoms with E-state index in [0.717, 1.165) is 70.6 Å². The van der Waals surface area contributed by atoms with Gasteiger partial charge in [0, 0.05) is 19.4 Å². The second-order valence-electron chi connectivity index (χ2n) is 13.7. The molecule has 2 unspecified atom stereocenters. The monoisotopic (exact) mass is 806 g/mol. The SMILES string of the molecule is CC/C=C\C/C=C\C/C=C\C/C=C\C/C=C\C=C/C(O)CCC(=O)O[C@H](COC(=O)CCCCCCC/C=C\CCCCCCCC)COP(=O)(O)OCCN. The highest BCUT2D eigenvalue weighted by atomic mass is 31.2. The standard InChI is InChI=1S/C45H76NO9P/c1-3-5-7-9-11-13-15-17-19-21-22-24-26-28-30-32-34-42(47)36-37-45(49)55-43(41-54-56(50,51)53-39-38-46)40-52-44(48)35-33-31-29-27-25-23-20-18-16-14-12-10-8-6-4-2/h5,7,11,13,17-20,22,24,28,30,32,34,42-43,47H,3-4,6,8-10,12,14-16,21,23,25-27,29,31,33,35-41,46H2,1-2H3,(H,50,51)/b7-5-,13-11-,19-17-,20-18-,24-22-,30-28-,34-32-/t42?,43-/m1/s1. The van der Waals surface area contributed by atoms with Gasteiger partial charge in [-0.2, -0.15) is 0 Å². The summed E-state index contributed by atoms with van der Waals surface area (Å²) in [7, 11) is -4.45. The summed E-state index contributed by atoms with van der Waals surface area (Å²) in [6.45, 7) is 3.30. The van der Waals surface area contributed by atoms with Gasteiger partial charge in [0.05, 0.1) is 19.3 Å². The molecule has 11 heteroatoms. The Kier molecular flexibility index (Phi) is 38.3. The molecular formula is C45H76NO9P. The number of esters is 2. The van der Waals surface area contributed by atoms with E-state index in [9.17, 15) is 24.2 Å². The quantitative estimate of drug-likeness (QED) is 0.0180. The first-order chi connectivity index (χ1) is 27.2. The fourth-order valence-electron chi connectivity index (χ4n) is 5.21. The van der Waals surface area contributed by atoms with E-state index in [1.54, 1.807) is 12.2 Å². The largest absolute Gasteiger partial charge is 0.472 e. The zero-order chi connectivity index (χ0) is 41.2. The lowest BCUT2D eigenvalue weighted by molar-refractivity contribution is -0.161. The van der Waals surface area contributed by atoms with Gasteiger partial charge in [-0.3, -0.25) is 18.6 Å². The highest BCUT2D eigenvalue weighted by molar-refractivity contribution is 7.47. The second-order valence-corrected chi connectivity index (χ2v) is 15.1. The molecule has 0 aromatic carbocycles. The van der Waals surface area contributed by atoms with Crippen LogP contribution in [0.5, 0.6) is 0 Å². The molecule has 0 aliphatic rings. The molecule has 0 rings (SSSR count). The van der Waals surface area contributed by atoms with Crippen molar-refractivity contribution in [2.24, 2.45) is 5.73 Å². The summed E-state index contributed by atoms with van der Waals surface area (Å²) < 4.78 is 32.5. The van der Waals surface area contributed by atoms with Crippen molar-refractivity contribution in [2.45, 2.75) is 161 Å². The second kappa shape index (κ2) is 40.4. The van der Waals surface area contributed by atoms with Crippen LogP contribution in [-0.2, 0) is 32.7 Å². The number of nitrogens with two attached hydrogens (primary N) is 1. The topological polar surface area (TPSA) is 155 Å². The molecule has 4 N–H and O–H groups in total. The van der Waals surface area contributed by atoms with Crippen LogP contribution in [0.3, 0.4) is 0 Å². The summed E-state index contributed by atoms with van der Waals surface area (Å²) in [5, 5.41) is 10.3. The van der Waals surface area contributed by atoms with E-state index in [4.69, 9.17) is 24.3 Å². The van der Waals surface area contributed by atoms with Crippen LogP contribution in [0, 0.1) is 0 Å². The van der Waals surface area contributed by atoms with Crippen molar-refractivity contribution < 1.29 is 42.7 Å². The molecular weight excluding hydrogens is 729 g/mol. The molecule has 56 heavy (non-hydrogen) atoms. The van der Waals surface area contributed by atoms with E-state index >= 15 is 0 Å². The third kappa shape index (κ3) is 39.4. The van der Waals surface area contributed by atoms with E-state index in [1.165, 1.54) is 38.5 Å². The number of aliphatic hydroxyl groups excluding tert-OH is 1. The van der Waals surface area contributed by atoms with Gasteiger partial charge in [-0.05, 0) is 70.6 Å². The molecule has 0 saturated heterocycles. The van der Waals surface area contributed by atoms with Crippen molar-refractivity contribution in [2.75, 3.05) is 26.4 Å². The Labute approximate surface area is 339 Å². The zero-order valence-corrected chi connectivity index (χ0v) is 35.6. The Bertz CT molecular complexity index is 1210. The van der Waals surface area contributed by atoms with Crippen molar-refractivity contribution in [3.63, 3.8) is 0 Å². The molecule has 0 radical (unpaired) electrons. The number of hydrogen-bond donors (Lipinski definition) is 3. The minimum absolute atomic E-state index is 0.0121. The van der Waals surface area contributed by atoms with Crippen molar-refractivity contribution in [1.29, 1.82) is 0 Å². The lowest BCUT2D eigenvalue weighted by atomic mass is 10.1. The molecule has 0 aliphatic heterocycles. The number of ether oxygens (including phenoxy) is 2. The number of rotatable bonds is 38. The predicted octanol–water partition coefficient (Wildman–Crippen LogP) is 11.0. The van der Waals surface area contributed by atoms with Gasteiger partial charge in [0.25, 0.3) is 0 Å². The van der Waals surface area contributed by atoms with Crippen LogP contribution >= 0.6 is 7.82 Å². The normalized spacial score (nSPS) is 14.7. The van der Waals surface area contributed by atoms with Gasteiger partial charge >= 0.3 is 19.8 Å². The van der Waals surface area contributed by atoms with Crippen LogP contribution in [0.15, 0.2) is 85.1 Å². The molecule has 0 heterocycles. The number of carbonyl (C=O) groups is 2. The molecule has 0 saturated carbocycles. The summed E-state index contributed by atoms with van der Waals surface area (Å²) in [5.41, 5.74) is 5.33. The molecule has 0 aromatic rings. The number of phosphoric acid groups is 1. The van der Waals surface area contributed by atoms with Crippen molar-refractivity contribution in [3.05, 3.63) is 85.1 Å². The molecule has 0 spiro atoms. The number of allylic oxidation sites excluding steroid dienone is 13. The summed E-state index contributed by atoms with van der Waals surface area (Å²) in [6.07, 6.45) is 46.6. The molecule has 320 valence electrons. The van der Waals surface area contributed by atoms with Crippen LogP contribution in [0.25, 0.3) is 0 Å². The van der Waals surface area contributed by atoms with E-state index in [2.05, 4.69) is 74.6 Å². The Morgan fingerprint density at radius 1 is 0.643 bits per heavy atom. The Morgan fingerprint density at radius 2 is 1.20 bits per heavy atom. The van der Waals surface area contributed by atoms with Crippen LogP contribution in [-0.4, -0.2) is 60.5 Å². The third-order valence-corrected chi connectivity index (χ3v) is 9.37. The summed E-state index contributed by atoms with van der Waals surface area (Å²) in [5.74, 6) is -1.13. The van der Waals surface area contributed by atoms with Gasteiger partial charge in [0.15, 0.2) is 6.10 Å². The van der Waals surface area contributed by atoms with Gasteiger partial charge in [-0.1, -0.05) is 150 Å². The van der Waals surface area contributed by atoms with Gasteiger partial charge in [0.2, 0.25) is 0 Å². The Hall–Kier alpha value is -2.85. The molecule has 0 bridgehead atoms. The number of aliphatic hydroxyl groups is 1. The minimum atomic E-state index is -4.45. The lowest BCUT2D eigenvalue weighted by Gasteiger charge is -2.20. The third-order valence-electron chi connectivity index (χ3n) is 8.38. The summed E-state index contributed by atoms with van der Waals surface area (Å²) in [6, 6.07) is 0. The highest BCUT2D eigenvalue weighted by Gasteiger charge is 2.26. The molecule has 0 aliphatic carbocycles. The fourth-order valence-corrected chi connectivity index (χ4v) is 5.97. The van der Waals surface area contributed by atoms with Crippen molar-refractivity contribution in [3.8, 4) is 0 Å². The summed E-state index contributed by atoms with van der Waals surface area (Å²) in [4.78, 5) is 34.9. The van der Waals surface area contributed by atoms with E-state index in [1.807, 2.05) is 12.2 Å².